The number of phenols is 1. The van der Waals surface area contributed by atoms with Crippen molar-refractivity contribution in [1.29, 1.82) is 0 Å². The number of carbonyl (C=O) groups is 4. The number of aromatic hydroxyl groups is 1. The van der Waals surface area contributed by atoms with Gasteiger partial charge in [-0.15, -0.1) is 0 Å². The Morgan fingerprint density at radius 2 is 1.57 bits per heavy atom. The molecule has 2 saturated heterocycles. The summed E-state index contributed by atoms with van der Waals surface area (Å²) in [6.45, 7) is 0. The monoisotopic (exact) mass is 913 g/mol. The first kappa shape index (κ1) is 40.7. The second-order valence-corrected chi connectivity index (χ2v) is 17.5. The van der Waals surface area contributed by atoms with Crippen molar-refractivity contribution in [2.24, 2.45) is 23.7 Å². The van der Waals surface area contributed by atoms with Gasteiger partial charge in [0, 0.05) is 28.3 Å². The van der Waals surface area contributed by atoms with Crippen LogP contribution in [0.3, 0.4) is 0 Å². The van der Waals surface area contributed by atoms with Crippen molar-refractivity contribution in [1.82, 2.24) is 15.0 Å². The van der Waals surface area contributed by atoms with E-state index in [4.69, 9.17) is 27.6 Å². The Hall–Kier alpha value is -7.03. The Morgan fingerprint density at radius 1 is 0.831 bits per heavy atom. The van der Waals surface area contributed by atoms with E-state index in [-0.39, 0.29) is 24.4 Å². The van der Waals surface area contributed by atoms with Crippen LogP contribution in [0.5, 0.6) is 5.75 Å². The number of nitrogens with one attached hydrogen (secondary N) is 1. The number of aromatic nitrogens is 2. The van der Waals surface area contributed by atoms with E-state index < -0.39 is 75.4 Å². The number of imide groups is 2. The van der Waals surface area contributed by atoms with Crippen LogP contribution in [-0.4, -0.2) is 43.7 Å². The molecule has 16 heteroatoms. The summed E-state index contributed by atoms with van der Waals surface area (Å²) in [6, 6.07) is 31.6. The third-order valence-corrected chi connectivity index (χ3v) is 14.0. The lowest BCUT2D eigenvalue weighted by Gasteiger charge is -2.51. The minimum Gasteiger partial charge on any atom is -0.508 e. The first-order valence-corrected chi connectivity index (χ1v) is 21.4. The minimum atomic E-state index is -4.78. The normalized spacial score (nSPS) is 24.1. The Morgan fingerprint density at radius 3 is 2.31 bits per heavy atom. The summed E-state index contributed by atoms with van der Waals surface area (Å²) in [5, 5.41) is 13.9. The number of phenolic OH excluding ortho intramolecular Hbond substituents is 1. The van der Waals surface area contributed by atoms with Crippen molar-refractivity contribution in [2.45, 2.75) is 30.4 Å². The van der Waals surface area contributed by atoms with E-state index in [9.17, 15) is 27.9 Å². The Balaban J connectivity index is 1.05. The summed E-state index contributed by atoms with van der Waals surface area (Å²) in [4.78, 5) is 69.9. The highest BCUT2D eigenvalue weighted by Crippen LogP contribution is 2.65. The molecule has 4 amide bonds. The third-order valence-electron chi connectivity index (χ3n) is 13.5. The van der Waals surface area contributed by atoms with Crippen LogP contribution in [-0.2, 0) is 30.8 Å². The molecule has 2 N–H and O–H groups in total. The van der Waals surface area contributed by atoms with E-state index >= 15 is 9.59 Å². The number of para-hydroxylation sites is 2. The molecular formula is C49H32Cl2F3N5O6. The number of amides is 4. The number of pyridine rings is 1. The fourth-order valence-corrected chi connectivity index (χ4v) is 11.0. The number of allylic oxidation sites excluding steroid dienone is 2. The standard InChI is InChI=1S/C49H32Cl2F3N5O6/c50-28-14-12-26(13-15-28)48-34(45(62)59(47(48)64)57-42-35(51)21-27(23-55-42)49(52,53)54)22-33-31(41(48)40-30-6-2-1-5-24(30)11-20-37(40)60)18-19-32-39(33)46(63)58(44(32)61)29-16-9-25(10-17-29)43-56-36-7-3-4-8-38(36)65-43/h1-18,20-21,23,32-34,39,41,60H,19,22H2,(H,55,57)/t32-,33+,34-,39-,41+,48+/m0/s1. The highest BCUT2D eigenvalue weighted by atomic mass is 35.5. The van der Waals surface area contributed by atoms with Crippen LogP contribution in [0.1, 0.15) is 35.4 Å². The van der Waals surface area contributed by atoms with E-state index in [1.165, 1.54) is 11.0 Å². The van der Waals surface area contributed by atoms with E-state index in [2.05, 4.69) is 15.4 Å². The highest BCUT2D eigenvalue weighted by molar-refractivity contribution is 6.33. The Bertz CT molecular complexity index is 3180. The van der Waals surface area contributed by atoms with Gasteiger partial charge in [-0.2, -0.15) is 18.2 Å². The summed E-state index contributed by atoms with van der Waals surface area (Å²) >= 11 is 12.8. The number of hydrogen-bond donors (Lipinski definition) is 2. The van der Waals surface area contributed by atoms with E-state index in [0.717, 1.165) is 5.01 Å². The van der Waals surface area contributed by atoms with Gasteiger partial charge in [0.25, 0.3) is 11.8 Å². The Kier molecular flexibility index (Phi) is 9.25. The fraction of sp³-hybridized carbons (Fsp3) is 0.184. The average molecular weight is 915 g/mol. The van der Waals surface area contributed by atoms with Gasteiger partial charge >= 0.3 is 6.18 Å². The van der Waals surface area contributed by atoms with Crippen LogP contribution < -0.4 is 10.3 Å². The van der Waals surface area contributed by atoms with Crippen molar-refractivity contribution >= 4 is 80.2 Å². The van der Waals surface area contributed by atoms with Crippen molar-refractivity contribution in [2.75, 3.05) is 10.3 Å². The van der Waals surface area contributed by atoms with E-state index in [1.54, 1.807) is 72.8 Å². The molecule has 5 aromatic carbocycles. The number of oxazole rings is 1. The third kappa shape index (κ3) is 6.10. The summed E-state index contributed by atoms with van der Waals surface area (Å²) in [7, 11) is 0. The number of hydrazine groups is 1. The predicted molar refractivity (Wildman–Crippen MR) is 234 cm³/mol. The first-order valence-electron chi connectivity index (χ1n) is 20.6. The molecule has 0 unspecified atom stereocenters. The number of nitrogens with zero attached hydrogens (tertiary/aromatic N) is 4. The van der Waals surface area contributed by atoms with Gasteiger partial charge in [-0.3, -0.25) is 29.5 Å². The summed E-state index contributed by atoms with van der Waals surface area (Å²) in [5.41, 5.74) is 3.14. The van der Waals surface area contributed by atoms with Crippen molar-refractivity contribution in [3.63, 3.8) is 0 Å². The van der Waals surface area contributed by atoms with E-state index in [0.29, 0.717) is 73.0 Å². The molecule has 4 aliphatic rings. The molecule has 0 radical (unpaired) electrons. The minimum absolute atomic E-state index is 0.0991. The molecule has 65 heavy (non-hydrogen) atoms. The maximum Gasteiger partial charge on any atom is 0.417 e. The zero-order chi connectivity index (χ0) is 45.1. The van der Waals surface area contributed by atoms with Gasteiger partial charge in [-0.1, -0.05) is 89.4 Å². The van der Waals surface area contributed by atoms with Crippen molar-refractivity contribution in [3.8, 4) is 17.2 Å². The lowest BCUT2D eigenvalue weighted by atomic mass is 9.48. The molecule has 6 atom stereocenters. The maximum atomic E-state index is 15.7. The predicted octanol–water partition coefficient (Wildman–Crippen LogP) is 10.3. The van der Waals surface area contributed by atoms with Crippen LogP contribution >= 0.6 is 23.2 Å². The number of fused-ring (bicyclic) bond motifs is 6. The van der Waals surface area contributed by atoms with Gasteiger partial charge in [0.15, 0.2) is 11.4 Å². The lowest BCUT2D eigenvalue weighted by molar-refractivity contribution is -0.139. The molecule has 0 spiro atoms. The smallest absolute Gasteiger partial charge is 0.417 e. The molecule has 3 fully saturated rings. The number of benzene rings is 5. The summed E-state index contributed by atoms with van der Waals surface area (Å²) in [6.07, 6.45) is -2.37. The molecule has 7 aromatic rings. The van der Waals surface area contributed by atoms with Gasteiger partial charge < -0.3 is 9.52 Å². The largest absolute Gasteiger partial charge is 0.508 e. The second-order valence-electron chi connectivity index (χ2n) is 16.7. The molecular weight excluding hydrogens is 882 g/mol. The average Bonchev–Trinajstić information content (AvgIpc) is 3.91. The van der Waals surface area contributed by atoms with Crippen LogP contribution in [0.25, 0.3) is 33.3 Å². The number of halogens is 5. The van der Waals surface area contributed by atoms with Crippen LogP contribution in [0, 0.1) is 23.7 Å². The highest BCUT2D eigenvalue weighted by Gasteiger charge is 2.71. The number of anilines is 2. The van der Waals surface area contributed by atoms with Gasteiger partial charge in [-0.05, 0) is 95.8 Å². The quantitative estimate of drug-likeness (QED) is 0.123. The molecule has 11 nitrogen and oxygen atoms in total. The van der Waals surface area contributed by atoms with Crippen LogP contribution in [0.15, 0.2) is 138 Å². The van der Waals surface area contributed by atoms with Gasteiger partial charge in [0.05, 0.1) is 39.4 Å². The molecule has 11 rings (SSSR count). The topological polar surface area (TPSA) is 146 Å². The number of alkyl halides is 3. The molecule has 2 aromatic heterocycles. The molecule has 1 saturated carbocycles. The SMILES string of the molecule is O=C1[C@@H]2C[C@@H]3C(=CC[C@@H]4C(=O)N(c5ccc(-c6nc7ccccc7o6)cc5)C(=O)[C@@H]43)[C@H](c3c(O)ccc4ccccc34)[C@]2(c2ccc(Cl)cc2)C(=O)N1Nc1ncc(C(F)(F)F)cc1Cl. The van der Waals surface area contributed by atoms with Crippen LogP contribution in [0.2, 0.25) is 10.0 Å². The number of rotatable bonds is 6. The lowest BCUT2D eigenvalue weighted by Crippen LogP contribution is -2.53. The second kappa shape index (κ2) is 14.8. The molecule has 324 valence electrons. The first-order chi connectivity index (χ1) is 31.2. The molecule has 2 aliphatic heterocycles. The maximum absolute atomic E-state index is 15.7. The van der Waals surface area contributed by atoms with Gasteiger partial charge in [0.1, 0.15) is 11.3 Å². The number of hydrogen-bond acceptors (Lipinski definition) is 9. The van der Waals surface area contributed by atoms with E-state index in [1.807, 2.05) is 36.4 Å². The summed E-state index contributed by atoms with van der Waals surface area (Å²) in [5.74, 6) is -7.71. The molecule has 4 heterocycles. The zero-order valence-electron chi connectivity index (χ0n) is 33.6. The zero-order valence-corrected chi connectivity index (χ0v) is 35.1. The van der Waals surface area contributed by atoms with Crippen molar-refractivity contribution < 1.29 is 41.9 Å². The molecule has 0 bridgehead atoms. The fourth-order valence-electron chi connectivity index (χ4n) is 10.7. The van der Waals surface area contributed by atoms with Gasteiger partial charge in [-0.25, -0.2) is 9.97 Å². The van der Waals surface area contributed by atoms with Gasteiger partial charge in [0.2, 0.25) is 17.7 Å². The summed E-state index contributed by atoms with van der Waals surface area (Å²) < 4.78 is 46.9. The Labute approximate surface area is 377 Å². The van der Waals surface area contributed by atoms with Crippen molar-refractivity contribution in [3.05, 3.63) is 160 Å². The number of carbonyl (C=O) groups excluding carboxylic acids is 4. The molecule has 2 aliphatic carbocycles. The van der Waals surface area contributed by atoms with Crippen LogP contribution in [0.4, 0.5) is 24.7 Å².